The first-order valence-electron chi connectivity index (χ1n) is 6.10. The van der Waals surface area contributed by atoms with Crippen molar-refractivity contribution in [1.82, 2.24) is 9.97 Å². The van der Waals surface area contributed by atoms with Crippen molar-refractivity contribution in [2.75, 3.05) is 0 Å². The Morgan fingerprint density at radius 2 is 1.89 bits per heavy atom. The Kier molecular flexibility index (Phi) is 3.92. The highest BCUT2D eigenvalue weighted by Crippen LogP contribution is 2.43. The van der Waals surface area contributed by atoms with Crippen molar-refractivity contribution in [3.8, 4) is 0 Å². The molecule has 2 aromatic rings. The van der Waals surface area contributed by atoms with Crippen molar-refractivity contribution in [3.05, 3.63) is 55.4 Å². The maximum Gasteiger partial charge on any atom is 0.147 e. The van der Waals surface area contributed by atoms with Crippen LogP contribution in [0, 0.1) is 0 Å². The van der Waals surface area contributed by atoms with Gasteiger partial charge >= 0.3 is 0 Å². The molecule has 1 aromatic carbocycles. The lowest BCUT2D eigenvalue weighted by atomic mass is 10.1. The van der Waals surface area contributed by atoms with E-state index in [4.69, 9.17) is 11.6 Å². The van der Waals surface area contributed by atoms with Crippen molar-refractivity contribution >= 4 is 43.5 Å². The first-order valence-corrected chi connectivity index (χ1v) is 8.06. The van der Waals surface area contributed by atoms with E-state index in [1.165, 1.54) is 18.4 Å². The minimum atomic E-state index is 0.513. The van der Waals surface area contributed by atoms with Gasteiger partial charge in [-0.3, -0.25) is 0 Å². The zero-order valence-corrected chi connectivity index (χ0v) is 14.0. The molecule has 0 unspecified atom stereocenters. The fourth-order valence-electron chi connectivity index (χ4n) is 2.00. The number of hydrogen-bond acceptors (Lipinski definition) is 2. The molecule has 3 rings (SSSR count). The molecule has 0 bridgehead atoms. The lowest BCUT2D eigenvalue weighted by Crippen LogP contribution is -2.02. The maximum atomic E-state index is 6.19. The Morgan fingerprint density at radius 1 is 1.16 bits per heavy atom. The topological polar surface area (TPSA) is 25.8 Å². The van der Waals surface area contributed by atoms with Crippen LogP contribution >= 0.6 is 43.5 Å². The second kappa shape index (κ2) is 5.51. The van der Waals surface area contributed by atoms with Gasteiger partial charge in [-0.25, -0.2) is 9.97 Å². The summed E-state index contributed by atoms with van der Waals surface area (Å²) in [5.74, 6) is 1.33. The minimum Gasteiger partial charge on any atom is -0.236 e. The third-order valence-electron chi connectivity index (χ3n) is 3.15. The van der Waals surface area contributed by atoms with Gasteiger partial charge in [-0.05, 0) is 40.4 Å². The predicted octanol–water partition coefficient (Wildman–Crippen LogP) is 5.12. The fraction of sp³-hybridized carbons (Fsp3) is 0.286. The van der Waals surface area contributed by atoms with Gasteiger partial charge in [0.1, 0.15) is 11.0 Å². The fourth-order valence-corrected chi connectivity index (χ4v) is 3.12. The van der Waals surface area contributed by atoms with Crippen LogP contribution < -0.4 is 0 Å². The molecule has 1 fully saturated rings. The second-order valence-electron chi connectivity index (χ2n) is 4.67. The molecule has 1 saturated carbocycles. The number of rotatable bonds is 3. The third kappa shape index (κ3) is 3.01. The molecule has 0 N–H and O–H groups in total. The Hall–Kier alpha value is -0.450. The van der Waals surface area contributed by atoms with Crippen LogP contribution in [0.5, 0.6) is 0 Å². The van der Waals surface area contributed by atoms with Crippen LogP contribution in [-0.2, 0) is 6.42 Å². The molecule has 19 heavy (non-hydrogen) atoms. The average Bonchev–Trinajstić information content (AvgIpc) is 3.20. The van der Waals surface area contributed by atoms with Crippen LogP contribution in [0.1, 0.15) is 35.8 Å². The van der Waals surface area contributed by atoms with Crippen molar-refractivity contribution in [1.29, 1.82) is 0 Å². The molecule has 1 aromatic heterocycles. The monoisotopic (exact) mass is 400 g/mol. The largest absolute Gasteiger partial charge is 0.236 e. The van der Waals surface area contributed by atoms with Crippen molar-refractivity contribution < 1.29 is 0 Å². The molecule has 0 saturated heterocycles. The Morgan fingerprint density at radius 3 is 2.58 bits per heavy atom. The molecule has 0 spiro atoms. The van der Waals surface area contributed by atoms with E-state index in [1.54, 1.807) is 0 Å². The van der Waals surface area contributed by atoms with Crippen LogP contribution in [0.2, 0.25) is 5.15 Å². The van der Waals surface area contributed by atoms with Gasteiger partial charge in [-0.15, -0.1) is 0 Å². The van der Waals surface area contributed by atoms with Crippen LogP contribution in [0.25, 0.3) is 0 Å². The quantitative estimate of drug-likeness (QED) is 0.666. The van der Waals surface area contributed by atoms with E-state index in [9.17, 15) is 0 Å². The summed E-state index contributed by atoms with van der Waals surface area (Å²) in [6.45, 7) is 0. The standard InChI is InChI=1S/C14H11Br2ClN2/c15-10-4-2-1-3-9(10)7-11-18-13(8-5-6-8)12(16)14(17)19-11/h1-4,8H,5-7H2. The zero-order chi connectivity index (χ0) is 13.4. The van der Waals surface area contributed by atoms with Gasteiger partial charge in [0.2, 0.25) is 0 Å². The normalized spacial score (nSPS) is 14.7. The van der Waals surface area contributed by atoms with E-state index in [1.807, 2.05) is 18.2 Å². The highest BCUT2D eigenvalue weighted by atomic mass is 79.9. The van der Waals surface area contributed by atoms with Crippen LogP contribution in [0.3, 0.4) is 0 Å². The van der Waals surface area contributed by atoms with Crippen LogP contribution in [-0.4, -0.2) is 9.97 Å². The summed E-state index contributed by atoms with van der Waals surface area (Å²) in [6, 6.07) is 8.11. The van der Waals surface area contributed by atoms with Gasteiger partial charge in [-0.1, -0.05) is 45.7 Å². The molecule has 0 atom stereocenters. The molecule has 1 heterocycles. The second-order valence-corrected chi connectivity index (χ2v) is 6.68. The molecule has 0 aliphatic heterocycles. The van der Waals surface area contributed by atoms with E-state index in [2.05, 4.69) is 47.9 Å². The minimum absolute atomic E-state index is 0.513. The summed E-state index contributed by atoms with van der Waals surface area (Å²) in [4.78, 5) is 9.03. The summed E-state index contributed by atoms with van der Waals surface area (Å²) in [5, 5.41) is 0.513. The smallest absolute Gasteiger partial charge is 0.147 e. The van der Waals surface area contributed by atoms with Crippen LogP contribution in [0.15, 0.2) is 33.2 Å². The van der Waals surface area contributed by atoms with E-state index in [0.717, 1.165) is 20.5 Å². The van der Waals surface area contributed by atoms with Gasteiger partial charge in [0.25, 0.3) is 0 Å². The highest BCUT2D eigenvalue weighted by Gasteiger charge is 2.29. The van der Waals surface area contributed by atoms with Gasteiger partial charge in [0.15, 0.2) is 0 Å². The highest BCUT2D eigenvalue weighted by molar-refractivity contribution is 9.10. The van der Waals surface area contributed by atoms with Crippen molar-refractivity contribution in [2.24, 2.45) is 0 Å². The first kappa shape index (κ1) is 13.5. The summed E-state index contributed by atoms with van der Waals surface area (Å²) >= 11 is 13.2. The number of nitrogens with zero attached hydrogens (tertiary/aromatic N) is 2. The molecule has 1 aliphatic rings. The molecule has 2 nitrogen and oxygen atoms in total. The summed E-state index contributed by atoms with van der Waals surface area (Å²) in [6.07, 6.45) is 3.08. The van der Waals surface area contributed by atoms with Crippen molar-refractivity contribution in [2.45, 2.75) is 25.2 Å². The lowest BCUT2D eigenvalue weighted by Gasteiger charge is -2.08. The van der Waals surface area contributed by atoms with E-state index < -0.39 is 0 Å². The Labute approximate surface area is 133 Å². The zero-order valence-electron chi connectivity index (χ0n) is 10.0. The lowest BCUT2D eigenvalue weighted by molar-refractivity contribution is 0.888. The maximum absolute atomic E-state index is 6.19. The molecular formula is C14H11Br2ClN2. The Balaban J connectivity index is 1.95. The first-order chi connectivity index (χ1) is 9.15. The SMILES string of the molecule is Clc1nc(Cc2ccccc2Br)nc(C2CC2)c1Br. The van der Waals surface area contributed by atoms with E-state index in [0.29, 0.717) is 17.5 Å². The number of halogens is 3. The molecule has 1 aliphatic carbocycles. The number of aromatic nitrogens is 2. The number of benzene rings is 1. The average molecular weight is 403 g/mol. The van der Waals surface area contributed by atoms with E-state index >= 15 is 0 Å². The van der Waals surface area contributed by atoms with Gasteiger partial charge in [0, 0.05) is 16.8 Å². The van der Waals surface area contributed by atoms with Crippen LogP contribution in [0.4, 0.5) is 0 Å². The molecule has 5 heteroatoms. The molecule has 98 valence electrons. The summed E-state index contributed by atoms with van der Waals surface area (Å²) < 4.78 is 1.93. The van der Waals surface area contributed by atoms with Gasteiger partial charge in [-0.2, -0.15) is 0 Å². The molecular weight excluding hydrogens is 391 g/mol. The summed E-state index contributed by atoms with van der Waals surface area (Å²) in [7, 11) is 0. The predicted molar refractivity (Wildman–Crippen MR) is 83.7 cm³/mol. The van der Waals surface area contributed by atoms with Crippen molar-refractivity contribution in [3.63, 3.8) is 0 Å². The third-order valence-corrected chi connectivity index (χ3v) is 5.21. The molecule has 0 amide bonds. The van der Waals surface area contributed by atoms with E-state index in [-0.39, 0.29) is 0 Å². The van der Waals surface area contributed by atoms with Gasteiger partial charge < -0.3 is 0 Å². The van der Waals surface area contributed by atoms with Gasteiger partial charge in [0.05, 0.1) is 10.2 Å². The number of hydrogen-bond donors (Lipinski definition) is 0. The molecule has 0 radical (unpaired) electrons. The summed E-state index contributed by atoms with van der Waals surface area (Å²) in [5.41, 5.74) is 2.23. The Bertz CT molecular complexity index is 627.